The summed E-state index contributed by atoms with van der Waals surface area (Å²) in [5.41, 5.74) is 2.60. The van der Waals surface area contributed by atoms with Crippen molar-refractivity contribution in [3.63, 3.8) is 0 Å². The first kappa shape index (κ1) is 11.6. The van der Waals surface area contributed by atoms with E-state index in [1.165, 1.54) is 11.2 Å². The molecule has 0 radical (unpaired) electrons. The van der Waals surface area contributed by atoms with Gasteiger partial charge in [0.2, 0.25) is 0 Å². The summed E-state index contributed by atoms with van der Waals surface area (Å²) in [7, 11) is 0. The van der Waals surface area contributed by atoms with Gasteiger partial charge in [0.05, 0.1) is 5.69 Å². The largest absolute Gasteiger partial charge is 0.488 e. The van der Waals surface area contributed by atoms with Crippen LogP contribution in [0.4, 0.5) is 5.69 Å². The predicted molar refractivity (Wildman–Crippen MR) is 68.2 cm³/mol. The van der Waals surface area contributed by atoms with Gasteiger partial charge in [-0.3, -0.25) is 10.7 Å². The number of aliphatic imine (C=N–C) groups is 1. The Balaban J connectivity index is 1.91. The van der Waals surface area contributed by atoms with Gasteiger partial charge < -0.3 is 4.74 Å². The third kappa shape index (κ3) is 3.58. The average molecular weight is 248 g/mol. The van der Waals surface area contributed by atoms with E-state index in [0.29, 0.717) is 6.61 Å². The Morgan fingerprint density at radius 2 is 2.12 bits per heavy atom. The molecular formula is C12H12N2O2S. The summed E-state index contributed by atoms with van der Waals surface area (Å²) in [6, 6.07) is 11.4. The zero-order valence-electron chi connectivity index (χ0n) is 9.04. The maximum atomic E-state index is 8.35. The fraction of sp³-hybridized carbons (Fsp3) is 0.0833. The molecule has 2 rings (SSSR count). The molecule has 0 atom stereocenters. The normalized spacial score (nSPS) is 10.6. The fourth-order valence-corrected chi connectivity index (χ4v) is 1.90. The Labute approximate surface area is 103 Å². The molecule has 0 amide bonds. The molecule has 0 aliphatic carbocycles. The molecule has 1 heterocycles. The molecule has 2 aromatic rings. The zero-order chi connectivity index (χ0) is 11.9. The highest BCUT2D eigenvalue weighted by atomic mass is 32.1. The van der Waals surface area contributed by atoms with Crippen LogP contribution in [0.2, 0.25) is 0 Å². The minimum absolute atomic E-state index is 0.582. The Kier molecular flexibility index (Phi) is 4.12. The molecule has 0 aliphatic heterocycles. The molecule has 0 bridgehead atoms. The van der Waals surface area contributed by atoms with Gasteiger partial charge >= 0.3 is 0 Å². The SMILES string of the molecule is ONC=Nc1ccc(OCc2cccs2)cc1. The van der Waals surface area contributed by atoms with Crippen LogP contribution in [0.25, 0.3) is 0 Å². The van der Waals surface area contributed by atoms with Gasteiger partial charge in [0.1, 0.15) is 18.7 Å². The Bertz CT molecular complexity index is 466. The number of nitrogens with zero attached hydrogens (tertiary/aromatic N) is 1. The van der Waals surface area contributed by atoms with E-state index in [0.717, 1.165) is 11.4 Å². The molecular weight excluding hydrogens is 236 g/mol. The summed E-state index contributed by atoms with van der Waals surface area (Å²) in [5.74, 6) is 0.800. The van der Waals surface area contributed by atoms with Crippen molar-refractivity contribution < 1.29 is 9.94 Å². The lowest BCUT2D eigenvalue weighted by atomic mass is 10.3. The van der Waals surface area contributed by atoms with Crippen LogP contribution in [-0.4, -0.2) is 11.5 Å². The topological polar surface area (TPSA) is 53.8 Å². The Morgan fingerprint density at radius 1 is 1.29 bits per heavy atom. The molecule has 0 unspecified atom stereocenters. The van der Waals surface area contributed by atoms with Gasteiger partial charge in [-0.25, -0.2) is 4.99 Å². The van der Waals surface area contributed by atoms with Crippen molar-refractivity contribution in [2.45, 2.75) is 6.61 Å². The van der Waals surface area contributed by atoms with Gasteiger partial charge in [0.25, 0.3) is 0 Å². The first-order valence-corrected chi connectivity index (χ1v) is 5.94. The Hall–Kier alpha value is -1.85. The predicted octanol–water partition coefficient (Wildman–Crippen LogP) is 2.97. The van der Waals surface area contributed by atoms with Crippen LogP contribution in [0.1, 0.15) is 4.88 Å². The smallest absolute Gasteiger partial charge is 0.122 e. The van der Waals surface area contributed by atoms with Gasteiger partial charge in [-0.2, -0.15) is 0 Å². The van der Waals surface area contributed by atoms with E-state index < -0.39 is 0 Å². The molecule has 0 fully saturated rings. The molecule has 0 aliphatic rings. The second-order valence-electron chi connectivity index (χ2n) is 3.25. The zero-order valence-corrected chi connectivity index (χ0v) is 9.85. The monoisotopic (exact) mass is 248 g/mol. The van der Waals surface area contributed by atoms with Gasteiger partial charge in [0, 0.05) is 4.88 Å². The summed E-state index contributed by atoms with van der Waals surface area (Å²) in [4.78, 5) is 5.13. The van der Waals surface area contributed by atoms with E-state index in [-0.39, 0.29) is 0 Å². The highest BCUT2D eigenvalue weighted by Gasteiger charge is 1.96. The molecule has 1 aromatic heterocycles. The molecule has 0 saturated heterocycles. The summed E-state index contributed by atoms with van der Waals surface area (Å²) in [6.45, 7) is 0.582. The lowest BCUT2D eigenvalue weighted by Crippen LogP contribution is -2.00. The molecule has 4 nitrogen and oxygen atoms in total. The van der Waals surface area contributed by atoms with E-state index in [9.17, 15) is 0 Å². The van der Waals surface area contributed by atoms with Crippen molar-refractivity contribution in [2.75, 3.05) is 0 Å². The van der Waals surface area contributed by atoms with Crippen LogP contribution in [0.15, 0.2) is 46.8 Å². The summed E-state index contributed by atoms with van der Waals surface area (Å²) < 4.78 is 5.60. The number of ether oxygens (including phenoxy) is 1. The minimum Gasteiger partial charge on any atom is -0.488 e. The van der Waals surface area contributed by atoms with Gasteiger partial charge in [-0.05, 0) is 35.7 Å². The molecule has 2 N–H and O–H groups in total. The van der Waals surface area contributed by atoms with E-state index in [2.05, 4.69) is 4.99 Å². The number of rotatable bonds is 5. The van der Waals surface area contributed by atoms with E-state index >= 15 is 0 Å². The van der Waals surface area contributed by atoms with Crippen LogP contribution in [-0.2, 0) is 6.61 Å². The number of thiophene rings is 1. The second kappa shape index (κ2) is 6.03. The van der Waals surface area contributed by atoms with Crippen molar-refractivity contribution in [2.24, 2.45) is 4.99 Å². The quantitative estimate of drug-likeness (QED) is 0.486. The third-order valence-corrected chi connectivity index (χ3v) is 2.92. The molecule has 0 spiro atoms. The summed E-state index contributed by atoms with van der Waals surface area (Å²) >= 11 is 1.67. The van der Waals surface area contributed by atoms with Crippen LogP contribution in [0.3, 0.4) is 0 Å². The first-order chi connectivity index (χ1) is 8.38. The van der Waals surface area contributed by atoms with E-state index in [4.69, 9.17) is 9.94 Å². The van der Waals surface area contributed by atoms with Crippen LogP contribution < -0.4 is 10.2 Å². The average Bonchev–Trinajstić information content (AvgIpc) is 2.88. The van der Waals surface area contributed by atoms with Gasteiger partial charge in [-0.15, -0.1) is 11.3 Å². The van der Waals surface area contributed by atoms with Crippen LogP contribution >= 0.6 is 11.3 Å². The lowest BCUT2D eigenvalue weighted by molar-refractivity contribution is 0.240. The molecule has 88 valence electrons. The third-order valence-electron chi connectivity index (χ3n) is 2.07. The maximum Gasteiger partial charge on any atom is 0.122 e. The molecule has 17 heavy (non-hydrogen) atoms. The van der Waals surface area contributed by atoms with Crippen LogP contribution in [0.5, 0.6) is 5.75 Å². The number of nitrogens with one attached hydrogen (secondary N) is 1. The maximum absolute atomic E-state index is 8.35. The molecule has 0 saturated carbocycles. The van der Waals surface area contributed by atoms with Gasteiger partial charge in [0.15, 0.2) is 0 Å². The minimum atomic E-state index is 0.582. The molecule has 1 aromatic carbocycles. The van der Waals surface area contributed by atoms with Crippen molar-refractivity contribution in [3.05, 3.63) is 46.7 Å². The number of hydroxylamine groups is 1. The lowest BCUT2D eigenvalue weighted by Gasteiger charge is -2.04. The van der Waals surface area contributed by atoms with Crippen molar-refractivity contribution in [1.82, 2.24) is 5.48 Å². The summed E-state index contributed by atoms with van der Waals surface area (Å²) in [6.07, 6.45) is 1.21. The standard InChI is InChI=1S/C12H12N2O2S/c15-14-9-13-10-3-5-11(6-4-10)16-8-12-2-1-7-17-12/h1-7,9,15H,8H2,(H,13,14). The number of benzene rings is 1. The van der Waals surface area contributed by atoms with Crippen molar-refractivity contribution in [3.8, 4) is 5.75 Å². The highest BCUT2D eigenvalue weighted by molar-refractivity contribution is 7.09. The first-order valence-electron chi connectivity index (χ1n) is 5.06. The molecule has 5 heteroatoms. The van der Waals surface area contributed by atoms with Crippen LogP contribution in [0, 0.1) is 0 Å². The van der Waals surface area contributed by atoms with Crippen molar-refractivity contribution >= 4 is 23.4 Å². The second-order valence-corrected chi connectivity index (χ2v) is 4.28. The van der Waals surface area contributed by atoms with Gasteiger partial charge in [-0.1, -0.05) is 6.07 Å². The van der Waals surface area contributed by atoms with Crippen molar-refractivity contribution in [1.29, 1.82) is 0 Å². The van der Waals surface area contributed by atoms with E-state index in [1.807, 2.05) is 47.3 Å². The number of hydrogen-bond donors (Lipinski definition) is 2. The Morgan fingerprint density at radius 3 is 2.76 bits per heavy atom. The fourth-order valence-electron chi connectivity index (χ4n) is 1.28. The van der Waals surface area contributed by atoms with E-state index in [1.54, 1.807) is 11.3 Å². The summed E-state index contributed by atoms with van der Waals surface area (Å²) in [5, 5.41) is 10.4. The number of hydrogen-bond acceptors (Lipinski definition) is 4. The highest BCUT2D eigenvalue weighted by Crippen LogP contribution is 2.19.